The van der Waals surface area contributed by atoms with Gasteiger partial charge < -0.3 is 4.74 Å². The van der Waals surface area contributed by atoms with E-state index in [1.165, 1.54) is 23.9 Å². The molecule has 0 aliphatic carbocycles. The molecule has 1 N–H and O–H groups in total. The van der Waals surface area contributed by atoms with Gasteiger partial charge in [0, 0.05) is 11.5 Å². The van der Waals surface area contributed by atoms with Gasteiger partial charge in [-0.1, -0.05) is 47.0 Å². The minimum absolute atomic E-state index is 0.133. The minimum Gasteiger partial charge on any atom is -0.497 e. The maximum absolute atomic E-state index is 11.3. The summed E-state index contributed by atoms with van der Waals surface area (Å²) in [6.45, 7) is 0. The van der Waals surface area contributed by atoms with Gasteiger partial charge in [-0.3, -0.25) is 0 Å². The molecular weight excluding hydrogens is 386 g/mol. The lowest BCUT2D eigenvalue weighted by Crippen LogP contribution is -2.22. The van der Waals surface area contributed by atoms with Crippen molar-refractivity contribution in [1.82, 2.24) is 14.9 Å². The van der Waals surface area contributed by atoms with E-state index in [4.69, 9.17) is 4.74 Å². The maximum atomic E-state index is 11.3. The lowest BCUT2D eigenvalue weighted by atomic mass is 10.2. The van der Waals surface area contributed by atoms with Crippen LogP contribution in [0.3, 0.4) is 0 Å². The third-order valence-electron chi connectivity index (χ3n) is 3.00. The van der Waals surface area contributed by atoms with Crippen LogP contribution in [0.25, 0.3) is 0 Å². The lowest BCUT2D eigenvalue weighted by Gasteiger charge is -2.01. The van der Waals surface area contributed by atoms with Crippen LogP contribution in [0.5, 0.6) is 5.75 Å². The Bertz CT molecular complexity index is 732. The number of nitrogens with zero attached hydrogens (tertiary/aromatic N) is 2. The van der Waals surface area contributed by atoms with E-state index in [2.05, 4.69) is 14.9 Å². The topological polar surface area (TPSA) is 81.2 Å². The van der Waals surface area contributed by atoms with E-state index in [0.29, 0.717) is 12.2 Å². The zero-order chi connectivity index (χ0) is 17.4. The van der Waals surface area contributed by atoms with E-state index in [9.17, 15) is 8.42 Å². The Morgan fingerprint density at radius 1 is 1.17 bits per heavy atom. The first-order chi connectivity index (χ1) is 11.5. The van der Waals surface area contributed by atoms with Gasteiger partial charge in [-0.25, -0.2) is 13.1 Å². The molecule has 6 nitrogen and oxygen atoms in total. The molecule has 0 unspecified atom stereocenters. The van der Waals surface area contributed by atoms with Crippen molar-refractivity contribution < 1.29 is 13.2 Å². The number of hydrogen-bond acceptors (Lipinski definition) is 8. The average molecular weight is 406 g/mol. The lowest BCUT2D eigenvalue weighted by molar-refractivity contribution is 0.414. The molecule has 1 aromatic heterocycles. The first kappa shape index (κ1) is 19.5. The molecule has 0 atom stereocenters. The molecule has 2 rings (SSSR count). The van der Waals surface area contributed by atoms with Crippen LogP contribution in [0, 0.1) is 0 Å². The highest BCUT2D eigenvalue weighted by atomic mass is 32.2. The quantitative estimate of drug-likeness (QED) is 0.481. The van der Waals surface area contributed by atoms with E-state index < -0.39 is 10.0 Å². The van der Waals surface area contributed by atoms with Crippen LogP contribution in [-0.2, 0) is 15.8 Å². The molecule has 0 spiro atoms. The summed E-state index contributed by atoms with van der Waals surface area (Å²) in [6, 6.07) is 7.95. The predicted octanol–water partition coefficient (Wildman–Crippen LogP) is 2.87. The number of ether oxygens (including phenoxy) is 1. The summed E-state index contributed by atoms with van der Waals surface area (Å²) in [5.74, 6) is 2.51. The number of thioether (sulfide) groups is 2. The monoisotopic (exact) mass is 405 g/mol. The fraction of sp³-hybridized carbons (Fsp3) is 0.429. The van der Waals surface area contributed by atoms with Gasteiger partial charge in [0.2, 0.25) is 10.0 Å². The molecule has 0 radical (unpaired) electrons. The van der Waals surface area contributed by atoms with Gasteiger partial charge in [0.05, 0.1) is 12.9 Å². The highest BCUT2D eigenvalue weighted by Gasteiger charge is 2.09. The van der Waals surface area contributed by atoms with Crippen LogP contribution < -0.4 is 9.46 Å². The number of sulfonamides is 1. The van der Waals surface area contributed by atoms with Crippen molar-refractivity contribution in [2.24, 2.45) is 0 Å². The molecule has 0 aliphatic rings. The first-order valence-corrected chi connectivity index (χ1v) is 11.6. The Morgan fingerprint density at radius 3 is 2.46 bits per heavy atom. The third kappa shape index (κ3) is 6.60. The normalized spacial score (nSPS) is 11.6. The van der Waals surface area contributed by atoms with E-state index >= 15 is 0 Å². The van der Waals surface area contributed by atoms with Crippen LogP contribution in [0.1, 0.15) is 12.0 Å². The second kappa shape index (κ2) is 9.62. The molecule has 2 aromatic rings. The standard InChI is InChI=1S/C14H19N3O3S4/c1-15-24(18,19)9-3-8-21-13-16-17-14(23-13)22-10-11-4-6-12(20-2)7-5-11/h4-7,15H,3,8-10H2,1-2H3. The highest BCUT2D eigenvalue weighted by molar-refractivity contribution is 8.02. The van der Waals surface area contributed by atoms with Gasteiger partial charge in [0.1, 0.15) is 5.75 Å². The Labute approximate surface area is 154 Å². The molecule has 24 heavy (non-hydrogen) atoms. The van der Waals surface area contributed by atoms with Crippen molar-refractivity contribution in [3.8, 4) is 5.75 Å². The molecule has 0 aliphatic heterocycles. The molecule has 1 heterocycles. The van der Waals surface area contributed by atoms with Crippen LogP contribution in [-0.4, -0.2) is 44.3 Å². The smallest absolute Gasteiger partial charge is 0.211 e. The molecule has 0 amide bonds. The largest absolute Gasteiger partial charge is 0.497 e. The Morgan fingerprint density at radius 2 is 1.83 bits per heavy atom. The van der Waals surface area contributed by atoms with E-state index in [0.717, 1.165) is 20.2 Å². The Balaban J connectivity index is 1.74. The second-order valence-electron chi connectivity index (χ2n) is 4.70. The summed E-state index contributed by atoms with van der Waals surface area (Å²) >= 11 is 4.72. The number of aromatic nitrogens is 2. The SMILES string of the molecule is CNS(=O)(=O)CCCSc1nnc(SCc2ccc(OC)cc2)s1. The van der Waals surface area contributed by atoms with Crippen LogP contribution >= 0.6 is 34.9 Å². The molecule has 132 valence electrons. The fourth-order valence-electron chi connectivity index (χ4n) is 1.69. The summed E-state index contributed by atoms with van der Waals surface area (Å²) in [5, 5.41) is 8.30. The van der Waals surface area contributed by atoms with Crippen molar-refractivity contribution in [3.63, 3.8) is 0 Å². The summed E-state index contributed by atoms with van der Waals surface area (Å²) in [6.07, 6.45) is 0.585. The highest BCUT2D eigenvalue weighted by Crippen LogP contribution is 2.31. The molecular formula is C14H19N3O3S4. The second-order valence-corrected chi connectivity index (χ2v) is 10.3. The van der Waals surface area contributed by atoms with Gasteiger partial charge in [0.25, 0.3) is 0 Å². The first-order valence-electron chi connectivity index (χ1n) is 7.15. The maximum Gasteiger partial charge on any atom is 0.211 e. The number of benzene rings is 1. The van der Waals surface area contributed by atoms with Gasteiger partial charge in [0.15, 0.2) is 8.68 Å². The zero-order valence-electron chi connectivity index (χ0n) is 13.4. The molecule has 0 fully saturated rings. The summed E-state index contributed by atoms with van der Waals surface area (Å²) in [5.41, 5.74) is 1.20. The Hall–Kier alpha value is -0.810. The molecule has 0 bridgehead atoms. The number of rotatable bonds is 10. The van der Waals surface area contributed by atoms with E-state index in [-0.39, 0.29) is 5.75 Å². The minimum atomic E-state index is -3.12. The molecule has 0 saturated carbocycles. The summed E-state index contributed by atoms with van der Waals surface area (Å²) < 4.78 is 31.9. The zero-order valence-corrected chi connectivity index (χ0v) is 16.7. The van der Waals surface area contributed by atoms with Crippen molar-refractivity contribution >= 4 is 44.9 Å². The number of methoxy groups -OCH3 is 1. The molecule has 0 saturated heterocycles. The summed E-state index contributed by atoms with van der Waals surface area (Å²) in [7, 11) is -0.0408. The van der Waals surface area contributed by atoms with Crippen molar-refractivity contribution in [2.75, 3.05) is 25.7 Å². The van der Waals surface area contributed by atoms with Crippen LogP contribution in [0.4, 0.5) is 0 Å². The van der Waals surface area contributed by atoms with Gasteiger partial charge in [-0.2, -0.15) is 0 Å². The van der Waals surface area contributed by atoms with Crippen molar-refractivity contribution in [3.05, 3.63) is 29.8 Å². The number of hydrogen-bond donors (Lipinski definition) is 1. The van der Waals surface area contributed by atoms with Gasteiger partial charge in [-0.15, -0.1) is 10.2 Å². The predicted molar refractivity (Wildman–Crippen MR) is 101 cm³/mol. The molecule has 10 heteroatoms. The van der Waals surface area contributed by atoms with E-state index in [1.807, 2.05) is 24.3 Å². The molecule has 1 aromatic carbocycles. The van der Waals surface area contributed by atoms with Gasteiger partial charge in [-0.05, 0) is 31.2 Å². The summed E-state index contributed by atoms with van der Waals surface area (Å²) in [4.78, 5) is 0. The third-order valence-corrected chi connectivity index (χ3v) is 7.80. The van der Waals surface area contributed by atoms with Crippen LogP contribution in [0.15, 0.2) is 32.9 Å². The number of nitrogens with one attached hydrogen (secondary N) is 1. The van der Waals surface area contributed by atoms with Crippen LogP contribution in [0.2, 0.25) is 0 Å². The van der Waals surface area contributed by atoms with Gasteiger partial charge >= 0.3 is 0 Å². The van der Waals surface area contributed by atoms with Crippen molar-refractivity contribution in [1.29, 1.82) is 0 Å². The van der Waals surface area contributed by atoms with E-state index in [1.54, 1.807) is 30.6 Å². The van der Waals surface area contributed by atoms with Crippen molar-refractivity contribution in [2.45, 2.75) is 20.9 Å². The average Bonchev–Trinajstić information content (AvgIpc) is 3.05. The fourth-order valence-corrected chi connectivity index (χ4v) is 5.59. The Kier molecular flexibility index (Phi) is 7.82.